The van der Waals surface area contributed by atoms with Crippen molar-refractivity contribution in [1.82, 2.24) is 0 Å². The second-order valence-corrected chi connectivity index (χ2v) is 6.05. The summed E-state index contributed by atoms with van der Waals surface area (Å²) in [6.07, 6.45) is 12.2. The summed E-state index contributed by atoms with van der Waals surface area (Å²) >= 11 is 0. The Kier molecular flexibility index (Phi) is 4.23. The van der Waals surface area contributed by atoms with Gasteiger partial charge in [-0.3, -0.25) is 0 Å². The van der Waals surface area contributed by atoms with Gasteiger partial charge in [0.15, 0.2) is 0 Å². The summed E-state index contributed by atoms with van der Waals surface area (Å²) in [4.78, 5) is 12.3. The smallest absolute Gasteiger partial charge is 0.338 e. The Morgan fingerprint density at radius 2 is 2.05 bits per heavy atom. The zero-order valence-corrected chi connectivity index (χ0v) is 12.4. The van der Waals surface area contributed by atoms with E-state index in [0.29, 0.717) is 17.4 Å². The minimum atomic E-state index is -0.220. The molecule has 2 heteroatoms. The summed E-state index contributed by atoms with van der Waals surface area (Å²) in [5, 5.41) is 0. The van der Waals surface area contributed by atoms with E-state index in [1.807, 2.05) is 37.3 Å². The van der Waals surface area contributed by atoms with Crippen LogP contribution in [0.4, 0.5) is 0 Å². The first-order valence-electron chi connectivity index (χ1n) is 7.85. The van der Waals surface area contributed by atoms with E-state index in [1.54, 1.807) is 12.1 Å². The van der Waals surface area contributed by atoms with Gasteiger partial charge >= 0.3 is 5.97 Å². The second kappa shape index (κ2) is 6.30. The van der Waals surface area contributed by atoms with Crippen LogP contribution in [0.2, 0.25) is 0 Å². The van der Waals surface area contributed by atoms with Gasteiger partial charge in [-0.05, 0) is 56.2 Å². The monoisotopic (exact) mass is 282 g/mol. The topological polar surface area (TPSA) is 26.3 Å². The molecule has 0 aliphatic heterocycles. The Bertz CT molecular complexity index is 544. The zero-order valence-electron chi connectivity index (χ0n) is 12.4. The highest BCUT2D eigenvalue weighted by Gasteiger charge is 2.37. The van der Waals surface area contributed by atoms with Crippen LogP contribution < -0.4 is 0 Å². The van der Waals surface area contributed by atoms with Crippen molar-refractivity contribution >= 4 is 5.97 Å². The average Bonchev–Trinajstić information content (AvgIpc) is 2.89. The second-order valence-electron chi connectivity index (χ2n) is 6.05. The Morgan fingerprint density at radius 3 is 2.81 bits per heavy atom. The first-order valence-corrected chi connectivity index (χ1v) is 7.85. The molecule has 1 saturated carbocycles. The van der Waals surface area contributed by atoms with Crippen LogP contribution in [0.15, 0.2) is 54.6 Å². The lowest BCUT2D eigenvalue weighted by atomic mass is 9.76. The molecule has 110 valence electrons. The fourth-order valence-electron chi connectivity index (χ4n) is 3.59. The van der Waals surface area contributed by atoms with Crippen LogP contribution in [0.5, 0.6) is 0 Å². The Morgan fingerprint density at radius 1 is 1.24 bits per heavy atom. The molecule has 3 rings (SSSR count). The molecule has 0 spiro atoms. The number of carbonyl (C=O) groups is 1. The Balaban J connectivity index is 1.73. The minimum absolute atomic E-state index is 0.114. The summed E-state index contributed by atoms with van der Waals surface area (Å²) in [6.45, 7) is 1.99. The third-order valence-electron chi connectivity index (χ3n) is 4.68. The van der Waals surface area contributed by atoms with Crippen LogP contribution in [0, 0.1) is 17.8 Å². The molecular formula is C19H22O2. The van der Waals surface area contributed by atoms with E-state index in [4.69, 9.17) is 4.74 Å². The Labute approximate surface area is 126 Å². The van der Waals surface area contributed by atoms with E-state index in [0.717, 1.165) is 12.3 Å². The number of esters is 1. The van der Waals surface area contributed by atoms with Crippen molar-refractivity contribution in [3.8, 4) is 0 Å². The van der Waals surface area contributed by atoms with Crippen LogP contribution in [0.25, 0.3) is 0 Å². The van der Waals surface area contributed by atoms with Crippen LogP contribution in [0.3, 0.4) is 0 Å². The van der Waals surface area contributed by atoms with Crippen molar-refractivity contribution in [3.63, 3.8) is 0 Å². The number of hydrogen-bond acceptors (Lipinski definition) is 2. The first kappa shape index (κ1) is 14.1. The molecule has 0 saturated heterocycles. The first-order chi connectivity index (χ1) is 10.3. The molecule has 2 aliphatic rings. The van der Waals surface area contributed by atoms with E-state index in [9.17, 15) is 4.79 Å². The number of benzene rings is 1. The standard InChI is InChI=1S/C19H22O2/c1-2-6-18(17-12-10-14-9-11-16(17)13-14)21-19(20)15-7-4-3-5-8-15/h2-9,11,14,16-18H,10,12-13H2,1H3/b6-2-/t14?,16?,17?,18-/m1/s1. The number of allylic oxidation sites excluding steroid dienone is 3. The maximum atomic E-state index is 12.3. The van der Waals surface area contributed by atoms with E-state index in [-0.39, 0.29) is 12.1 Å². The maximum absolute atomic E-state index is 12.3. The summed E-state index contributed by atoms with van der Waals surface area (Å²) in [5.74, 6) is 1.52. The SMILES string of the molecule is C/C=C\[C@@H](OC(=O)c1ccccc1)C1CCC2C=CC1C2. The van der Waals surface area contributed by atoms with E-state index in [2.05, 4.69) is 12.2 Å². The predicted molar refractivity (Wildman–Crippen MR) is 83.9 cm³/mol. The van der Waals surface area contributed by atoms with Gasteiger partial charge in [-0.15, -0.1) is 0 Å². The van der Waals surface area contributed by atoms with Gasteiger partial charge in [0.1, 0.15) is 6.10 Å². The molecule has 4 atom stereocenters. The number of hydrogen-bond donors (Lipinski definition) is 0. The fourth-order valence-corrected chi connectivity index (χ4v) is 3.59. The summed E-state index contributed by atoms with van der Waals surface area (Å²) in [7, 11) is 0. The molecule has 1 aromatic carbocycles. The van der Waals surface area contributed by atoms with Gasteiger partial charge in [0.2, 0.25) is 0 Å². The van der Waals surface area contributed by atoms with Gasteiger partial charge in [0.25, 0.3) is 0 Å². The van der Waals surface area contributed by atoms with Crippen LogP contribution in [-0.4, -0.2) is 12.1 Å². The van der Waals surface area contributed by atoms with Crippen molar-refractivity contribution in [1.29, 1.82) is 0 Å². The van der Waals surface area contributed by atoms with Crippen LogP contribution >= 0.6 is 0 Å². The molecule has 1 aromatic rings. The maximum Gasteiger partial charge on any atom is 0.338 e. The van der Waals surface area contributed by atoms with E-state index in [1.165, 1.54) is 12.8 Å². The van der Waals surface area contributed by atoms with Crippen molar-refractivity contribution in [3.05, 3.63) is 60.2 Å². The zero-order chi connectivity index (χ0) is 14.7. The van der Waals surface area contributed by atoms with Gasteiger partial charge in [-0.1, -0.05) is 36.4 Å². The van der Waals surface area contributed by atoms with Gasteiger partial charge in [-0.2, -0.15) is 0 Å². The molecule has 21 heavy (non-hydrogen) atoms. The lowest BCUT2D eigenvalue weighted by Gasteiger charge is -2.33. The molecule has 0 aromatic heterocycles. The van der Waals surface area contributed by atoms with Crippen molar-refractivity contribution in [2.45, 2.75) is 32.3 Å². The summed E-state index contributed by atoms with van der Waals surface area (Å²) < 4.78 is 5.81. The van der Waals surface area contributed by atoms with Crippen LogP contribution in [0.1, 0.15) is 36.5 Å². The summed E-state index contributed by atoms with van der Waals surface area (Å²) in [6, 6.07) is 9.26. The van der Waals surface area contributed by atoms with Gasteiger partial charge in [0.05, 0.1) is 5.56 Å². The molecule has 0 N–H and O–H groups in total. The van der Waals surface area contributed by atoms with E-state index < -0.39 is 0 Å². The van der Waals surface area contributed by atoms with Gasteiger partial charge < -0.3 is 4.74 Å². The van der Waals surface area contributed by atoms with Gasteiger partial charge in [-0.25, -0.2) is 4.79 Å². The largest absolute Gasteiger partial charge is 0.454 e. The normalized spacial score (nSPS) is 28.7. The predicted octanol–water partition coefficient (Wildman–Crippen LogP) is 4.39. The van der Waals surface area contributed by atoms with Crippen molar-refractivity contribution in [2.24, 2.45) is 17.8 Å². The highest BCUT2D eigenvalue weighted by molar-refractivity contribution is 5.89. The van der Waals surface area contributed by atoms with Crippen LogP contribution in [-0.2, 0) is 4.74 Å². The fraction of sp³-hybridized carbons (Fsp3) is 0.421. The lowest BCUT2D eigenvalue weighted by molar-refractivity contribution is 0.0160. The van der Waals surface area contributed by atoms with Gasteiger partial charge in [0, 0.05) is 5.92 Å². The van der Waals surface area contributed by atoms with Crippen molar-refractivity contribution in [2.75, 3.05) is 0 Å². The highest BCUT2D eigenvalue weighted by atomic mass is 16.5. The molecule has 1 fully saturated rings. The third-order valence-corrected chi connectivity index (χ3v) is 4.68. The third kappa shape index (κ3) is 3.10. The molecule has 0 radical (unpaired) electrons. The molecule has 2 bridgehead atoms. The quantitative estimate of drug-likeness (QED) is 0.604. The summed E-state index contributed by atoms with van der Waals surface area (Å²) in [5.41, 5.74) is 0.627. The lowest BCUT2D eigenvalue weighted by Crippen LogP contribution is -2.32. The molecule has 0 heterocycles. The highest BCUT2D eigenvalue weighted by Crippen LogP contribution is 2.43. The van der Waals surface area contributed by atoms with E-state index >= 15 is 0 Å². The molecule has 2 aliphatic carbocycles. The average molecular weight is 282 g/mol. The number of carbonyl (C=O) groups excluding carboxylic acids is 1. The Hall–Kier alpha value is -1.83. The van der Waals surface area contributed by atoms with Crippen molar-refractivity contribution < 1.29 is 9.53 Å². The molecular weight excluding hydrogens is 260 g/mol. The molecule has 3 unspecified atom stereocenters. The number of ether oxygens (including phenoxy) is 1. The number of rotatable bonds is 4. The minimum Gasteiger partial charge on any atom is -0.454 e. The molecule has 2 nitrogen and oxygen atoms in total. The molecule has 0 amide bonds. The number of fused-ring (bicyclic) bond motifs is 2.